The summed E-state index contributed by atoms with van der Waals surface area (Å²) in [7, 11) is 1.49. The summed E-state index contributed by atoms with van der Waals surface area (Å²) in [5, 5.41) is 21.3. The summed E-state index contributed by atoms with van der Waals surface area (Å²) >= 11 is 0. The monoisotopic (exact) mass is 455 g/mol. The van der Waals surface area contributed by atoms with Crippen molar-refractivity contribution in [2.24, 2.45) is 0 Å². The van der Waals surface area contributed by atoms with Gasteiger partial charge >= 0.3 is 0 Å². The van der Waals surface area contributed by atoms with Crippen LogP contribution in [0.25, 0.3) is 5.76 Å². The van der Waals surface area contributed by atoms with E-state index in [4.69, 9.17) is 18.9 Å². The third kappa shape index (κ3) is 4.19. The fourth-order valence-corrected chi connectivity index (χ4v) is 3.96. The average Bonchev–Trinajstić information content (AvgIpc) is 3.08. The van der Waals surface area contributed by atoms with Gasteiger partial charge in [-0.25, -0.2) is 0 Å². The number of amides is 1. The molecule has 0 bridgehead atoms. The van der Waals surface area contributed by atoms with Gasteiger partial charge in [-0.3, -0.25) is 9.59 Å². The van der Waals surface area contributed by atoms with Crippen molar-refractivity contribution < 1.29 is 38.7 Å². The number of phenols is 1. The number of aromatic hydroxyl groups is 1. The molecule has 33 heavy (non-hydrogen) atoms. The number of phenolic OH excluding ortho intramolecular Hbond substituents is 1. The number of methoxy groups -OCH3 is 1. The second-order valence-electron chi connectivity index (χ2n) is 7.50. The van der Waals surface area contributed by atoms with Crippen LogP contribution in [-0.4, -0.2) is 66.9 Å². The summed E-state index contributed by atoms with van der Waals surface area (Å²) < 4.78 is 21.7. The maximum atomic E-state index is 13.1. The molecule has 174 valence electrons. The molecule has 0 aromatic heterocycles. The Morgan fingerprint density at radius 3 is 2.61 bits per heavy atom. The van der Waals surface area contributed by atoms with Crippen LogP contribution in [0.4, 0.5) is 0 Å². The molecule has 1 unspecified atom stereocenters. The van der Waals surface area contributed by atoms with Crippen molar-refractivity contribution >= 4 is 17.4 Å². The number of benzene rings is 2. The first-order chi connectivity index (χ1) is 16.0. The maximum Gasteiger partial charge on any atom is 0.295 e. The normalized spacial score (nSPS) is 19.1. The van der Waals surface area contributed by atoms with E-state index in [0.29, 0.717) is 42.4 Å². The molecule has 2 aromatic carbocycles. The van der Waals surface area contributed by atoms with E-state index >= 15 is 0 Å². The van der Waals surface area contributed by atoms with Gasteiger partial charge in [-0.15, -0.1) is 0 Å². The molecule has 4 rings (SSSR count). The zero-order valence-electron chi connectivity index (χ0n) is 18.4. The minimum Gasteiger partial charge on any atom is -0.507 e. The number of hydrogen-bond acceptors (Lipinski definition) is 8. The molecule has 9 nitrogen and oxygen atoms in total. The Kier molecular flexibility index (Phi) is 6.41. The number of fused-ring (bicyclic) bond motifs is 1. The van der Waals surface area contributed by atoms with Crippen molar-refractivity contribution in [3.63, 3.8) is 0 Å². The van der Waals surface area contributed by atoms with E-state index in [9.17, 15) is 19.8 Å². The summed E-state index contributed by atoms with van der Waals surface area (Å²) in [5.41, 5.74) is 0.754. The van der Waals surface area contributed by atoms with Crippen LogP contribution in [0.1, 0.15) is 24.1 Å². The van der Waals surface area contributed by atoms with E-state index in [1.54, 1.807) is 37.3 Å². The van der Waals surface area contributed by atoms with Gasteiger partial charge in [0.2, 0.25) is 0 Å². The number of aliphatic hydroxyl groups is 1. The molecule has 0 aliphatic carbocycles. The summed E-state index contributed by atoms with van der Waals surface area (Å²) in [6.45, 7) is 3.22. The molecule has 2 aliphatic heterocycles. The van der Waals surface area contributed by atoms with Crippen molar-refractivity contribution in [3.8, 4) is 23.0 Å². The summed E-state index contributed by atoms with van der Waals surface area (Å²) in [5.74, 6) is -0.764. The zero-order valence-corrected chi connectivity index (χ0v) is 18.4. The molecular formula is C24H25NO8. The number of nitrogens with zero attached hydrogens (tertiary/aromatic N) is 1. The first-order valence-corrected chi connectivity index (χ1v) is 10.6. The fraction of sp³-hybridized carbons (Fsp3) is 0.333. The minimum atomic E-state index is -0.895. The highest BCUT2D eigenvalue weighted by Gasteiger charge is 2.46. The largest absolute Gasteiger partial charge is 0.507 e. The molecular weight excluding hydrogens is 430 g/mol. The van der Waals surface area contributed by atoms with E-state index in [1.165, 1.54) is 18.1 Å². The maximum absolute atomic E-state index is 13.1. The van der Waals surface area contributed by atoms with Crippen LogP contribution in [0, 0.1) is 0 Å². The lowest BCUT2D eigenvalue weighted by molar-refractivity contribution is -0.140. The molecule has 1 fully saturated rings. The van der Waals surface area contributed by atoms with Crippen molar-refractivity contribution in [2.45, 2.75) is 13.0 Å². The number of carbonyl (C=O) groups excluding carboxylic acids is 2. The second kappa shape index (κ2) is 9.41. The topological polar surface area (TPSA) is 115 Å². The van der Waals surface area contributed by atoms with Gasteiger partial charge in [0.1, 0.15) is 19.0 Å². The number of rotatable bonds is 7. The Morgan fingerprint density at radius 2 is 1.88 bits per heavy atom. The third-order valence-corrected chi connectivity index (χ3v) is 5.49. The summed E-state index contributed by atoms with van der Waals surface area (Å²) in [4.78, 5) is 27.3. The van der Waals surface area contributed by atoms with Gasteiger partial charge in [0.25, 0.3) is 11.7 Å². The molecule has 2 N–H and O–H groups in total. The second-order valence-corrected chi connectivity index (χ2v) is 7.50. The van der Waals surface area contributed by atoms with Crippen LogP contribution in [0.5, 0.6) is 23.0 Å². The molecule has 2 aromatic rings. The number of aliphatic hydroxyl groups excluding tert-OH is 1. The Labute approximate surface area is 190 Å². The van der Waals surface area contributed by atoms with Crippen LogP contribution in [0.2, 0.25) is 0 Å². The van der Waals surface area contributed by atoms with Crippen molar-refractivity contribution in [1.82, 2.24) is 4.90 Å². The van der Waals surface area contributed by atoms with Gasteiger partial charge in [0.05, 0.1) is 24.8 Å². The SMILES string of the molecule is CCOc1cc(C2/C(=C(\O)c3ccc4c(c3)OCCO4)C(=O)C(=O)N2CCOC)ccc1O. The number of carbonyl (C=O) groups is 2. The molecule has 2 aliphatic rings. The highest BCUT2D eigenvalue weighted by atomic mass is 16.6. The summed E-state index contributed by atoms with van der Waals surface area (Å²) in [6.07, 6.45) is 0. The van der Waals surface area contributed by atoms with Gasteiger partial charge in [-0.05, 0) is 42.8 Å². The quantitative estimate of drug-likeness (QED) is 0.372. The highest BCUT2D eigenvalue weighted by molar-refractivity contribution is 6.46. The molecule has 0 saturated carbocycles. The van der Waals surface area contributed by atoms with E-state index in [2.05, 4.69) is 0 Å². The number of ketones is 1. The minimum absolute atomic E-state index is 0.0683. The lowest BCUT2D eigenvalue weighted by Crippen LogP contribution is -2.32. The molecule has 1 amide bonds. The predicted octanol–water partition coefficient (Wildman–Crippen LogP) is 2.63. The first-order valence-electron chi connectivity index (χ1n) is 10.6. The Morgan fingerprint density at radius 1 is 1.12 bits per heavy atom. The van der Waals surface area contributed by atoms with Gasteiger partial charge in [0, 0.05) is 19.2 Å². The van der Waals surface area contributed by atoms with Crippen molar-refractivity contribution in [1.29, 1.82) is 0 Å². The Balaban J connectivity index is 1.84. The van der Waals surface area contributed by atoms with Gasteiger partial charge in [-0.2, -0.15) is 0 Å². The summed E-state index contributed by atoms with van der Waals surface area (Å²) in [6, 6.07) is 8.51. The van der Waals surface area contributed by atoms with Crippen LogP contribution < -0.4 is 14.2 Å². The predicted molar refractivity (Wildman–Crippen MR) is 118 cm³/mol. The van der Waals surface area contributed by atoms with Gasteiger partial charge in [0.15, 0.2) is 23.0 Å². The molecule has 1 atom stereocenters. The molecule has 0 radical (unpaired) electrons. The van der Waals surface area contributed by atoms with E-state index < -0.39 is 17.7 Å². The van der Waals surface area contributed by atoms with Crippen LogP contribution in [0.3, 0.4) is 0 Å². The Hall–Kier alpha value is -3.72. The lowest BCUT2D eigenvalue weighted by Gasteiger charge is -2.25. The third-order valence-electron chi connectivity index (χ3n) is 5.49. The van der Waals surface area contributed by atoms with Crippen molar-refractivity contribution in [2.75, 3.05) is 40.1 Å². The molecule has 2 heterocycles. The Bertz CT molecular complexity index is 1110. The zero-order chi connectivity index (χ0) is 23.5. The standard InChI is InChI=1S/C24H25NO8/c1-3-31-18-12-14(4-6-16(18)26)21-20(23(28)24(29)25(21)8-9-30-2)22(27)15-5-7-17-19(13-15)33-11-10-32-17/h4-7,12-13,21,26-27H,3,8-11H2,1-2H3/b22-20+. The van der Waals surface area contributed by atoms with Gasteiger partial charge in [-0.1, -0.05) is 6.07 Å². The number of Topliss-reactive ketones (excluding diaryl/α,β-unsaturated/α-hetero) is 1. The fourth-order valence-electron chi connectivity index (χ4n) is 3.96. The van der Waals surface area contributed by atoms with Crippen LogP contribution >= 0.6 is 0 Å². The van der Waals surface area contributed by atoms with E-state index in [-0.39, 0.29) is 36.0 Å². The average molecular weight is 455 g/mol. The van der Waals surface area contributed by atoms with E-state index in [1.807, 2.05) is 0 Å². The first kappa shape index (κ1) is 22.5. The van der Waals surface area contributed by atoms with Crippen LogP contribution in [0.15, 0.2) is 42.0 Å². The molecule has 9 heteroatoms. The van der Waals surface area contributed by atoms with Crippen molar-refractivity contribution in [3.05, 3.63) is 53.1 Å². The van der Waals surface area contributed by atoms with Crippen LogP contribution in [-0.2, 0) is 14.3 Å². The van der Waals surface area contributed by atoms with E-state index in [0.717, 1.165) is 0 Å². The molecule has 1 saturated heterocycles. The lowest BCUT2D eigenvalue weighted by atomic mass is 9.95. The highest BCUT2D eigenvalue weighted by Crippen LogP contribution is 2.42. The number of likely N-dealkylation sites (tertiary alicyclic amines) is 1. The van der Waals surface area contributed by atoms with Gasteiger partial charge < -0.3 is 34.1 Å². The molecule has 0 spiro atoms. The number of ether oxygens (including phenoxy) is 4. The number of hydrogen-bond donors (Lipinski definition) is 2. The smallest absolute Gasteiger partial charge is 0.295 e.